The summed E-state index contributed by atoms with van der Waals surface area (Å²) in [6.45, 7) is 0.0502. The molecule has 0 radical (unpaired) electrons. The molecule has 0 aromatic heterocycles. The lowest BCUT2D eigenvalue weighted by Gasteiger charge is -2.28. The molecule has 0 aromatic carbocycles. The first-order valence-electron chi connectivity index (χ1n) is 8.44. The van der Waals surface area contributed by atoms with E-state index in [2.05, 4.69) is 10.6 Å². The largest absolute Gasteiger partial charge is 0.395 e. The summed E-state index contributed by atoms with van der Waals surface area (Å²) < 4.78 is 0. The molecule has 2 rings (SSSR count). The van der Waals surface area contributed by atoms with Gasteiger partial charge >= 0.3 is 0 Å². The van der Waals surface area contributed by atoms with E-state index in [0.717, 1.165) is 12.8 Å². The van der Waals surface area contributed by atoms with Gasteiger partial charge in [-0.1, -0.05) is 38.5 Å². The van der Waals surface area contributed by atoms with Crippen molar-refractivity contribution < 1.29 is 9.90 Å². The minimum atomic E-state index is -0.0818. The second kappa shape index (κ2) is 8.63. The number of carbonyl (C=O) groups excluding carboxylic acids is 1. The summed E-state index contributed by atoms with van der Waals surface area (Å²) in [4.78, 5) is 12.1. The van der Waals surface area contributed by atoms with Crippen LogP contribution in [0.2, 0.25) is 0 Å². The Hall–Kier alpha value is -0.610. The first-order valence-corrected chi connectivity index (χ1v) is 8.44. The highest BCUT2D eigenvalue weighted by Crippen LogP contribution is 2.19. The third-order valence-electron chi connectivity index (χ3n) is 4.70. The molecule has 0 aliphatic heterocycles. The predicted molar refractivity (Wildman–Crippen MR) is 80.5 cm³/mol. The maximum Gasteiger partial charge on any atom is 0.221 e. The van der Waals surface area contributed by atoms with Crippen molar-refractivity contribution in [3.8, 4) is 0 Å². The summed E-state index contributed by atoms with van der Waals surface area (Å²) in [5.41, 5.74) is 0. The Labute approximate surface area is 122 Å². The van der Waals surface area contributed by atoms with Crippen LogP contribution in [-0.2, 0) is 4.79 Å². The molecule has 3 N–H and O–H groups in total. The van der Waals surface area contributed by atoms with Gasteiger partial charge in [0.25, 0.3) is 0 Å². The van der Waals surface area contributed by atoms with Crippen LogP contribution in [0, 0.1) is 0 Å². The lowest BCUT2D eigenvalue weighted by atomic mass is 9.94. The normalized spacial score (nSPS) is 23.4. The third kappa shape index (κ3) is 5.41. The molecule has 2 aliphatic carbocycles. The number of hydrogen-bond donors (Lipinski definition) is 3. The summed E-state index contributed by atoms with van der Waals surface area (Å²) in [5, 5.41) is 16.1. The second-order valence-corrected chi connectivity index (χ2v) is 6.49. The minimum Gasteiger partial charge on any atom is -0.395 e. The van der Waals surface area contributed by atoms with Gasteiger partial charge in [-0.15, -0.1) is 0 Å². The molecule has 4 heteroatoms. The molecule has 116 valence electrons. The van der Waals surface area contributed by atoms with E-state index in [9.17, 15) is 9.90 Å². The molecule has 0 spiro atoms. The van der Waals surface area contributed by atoms with Crippen LogP contribution in [0.1, 0.15) is 70.6 Å². The third-order valence-corrected chi connectivity index (χ3v) is 4.70. The van der Waals surface area contributed by atoms with Crippen LogP contribution in [-0.4, -0.2) is 35.7 Å². The van der Waals surface area contributed by atoms with Crippen LogP contribution in [0.4, 0.5) is 0 Å². The zero-order chi connectivity index (χ0) is 14.2. The average molecular weight is 282 g/mol. The van der Waals surface area contributed by atoms with Gasteiger partial charge in [-0.2, -0.15) is 0 Å². The quantitative estimate of drug-likeness (QED) is 0.699. The van der Waals surface area contributed by atoms with Crippen molar-refractivity contribution in [2.24, 2.45) is 0 Å². The number of carbonyl (C=O) groups is 1. The van der Waals surface area contributed by atoms with Crippen LogP contribution in [0.3, 0.4) is 0 Å². The Bertz CT molecular complexity index is 284. The summed E-state index contributed by atoms with van der Waals surface area (Å²) in [5.74, 6) is 0.0965. The van der Waals surface area contributed by atoms with Crippen molar-refractivity contribution in [2.45, 2.75) is 88.8 Å². The Morgan fingerprint density at radius 2 is 1.50 bits per heavy atom. The van der Waals surface area contributed by atoms with Crippen molar-refractivity contribution in [3.63, 3.8) is 0 Å². The van der Waals surface area contributed by atoms with Crippen molar-refractivity contribution in [3.05, 3.63) is 0 Å². The molecule has 0 saturated heterocycles. The van der Waals surface area contributed by atoms with E-state index in [1.165, 1.54) is 51.4 Å². The first kappa shape index (κ1) is 15.8. The Morgan fingerprint density at radius 1 is 0.950 bits per heavy atom. The van der Waals surface area contributed by atoms with E-state index in [1.807, 2.05) is 0 Å². The maximum absolute atomic E-state index is 12.1. The van der Waals surface area contributed by atoms with Crippen molar-refractivity contribution in [1.29, 1.82) is 0 Å². The highest BCUT2D eigenvalue weighted by molar-refractivity contribution is 5.76. The van der Waals surface area contributed by atoms with Gasteiger partial charge in [0.1, 0.15) is 0 Å². The van der Waals surface area contributed by atoms with Gasteiger partial charge in [-0.05, 0) is 25.7 Å². The maximum atomic E-state index is 12.1. The Kier molecular flexibility index (Phi) is 6.80. The van der Waals surface area contributed by atoms with Crippen LogP contribution in [0.5, 0.6) is 0 Å². The molecule has 2 aliphatic rings. The molecule has 0 heterocycles. The van der Waals surface area contributed by atoms with E-state index in [1.54, 1.807) is 0 Å². The minimum absolute atomic E-state index is 0.0502. The van der Waals surface area contributed by atoms with Crippen molar-refractivity contribution >= 4 is 5.91 Å². The van der Waals surface area contributed by atoms with Gasteiger partial charge in [0.15, 0.2) is 0 Å². The fourth-order valence-electron chi connectivity index (χ4n) is 3.54. The van der Waals surface area contributed by atoms with Crippen LogP contribution in [0.15, 0.2) is 0 Å². The van der Waals surface area contributed by atoms with Gasteiger partial charge in [-0.3, -0.25) is 4.79 Å². The fraction of sp³-hybridized carbons (Fsp3) is 0.938. The smallest absolute Gasteiger partial charge is 0.221 e. The molecular weight excluding hydrogens is 252 g/mol. The average Bonchev–Trinajstić information content (AvgIpc) is 2.48. The molecule has 2 fully saturated rings. The Morgan fingerprint density at radius 3 is 2.05 bits per heavy atom. The highest BCUT2D eigenvalue weighted by Gasteiger charge is 2.21. The van der Waals surface area contributed by atoms with Crippen LogP contribution >= 0.6 is 0 Å². The van der Waals surface area contributed by atoms with Crippen LogP contribution in [0.25, 0.3) is 0 Å². The second-order valence-electron chi connectivity index (χ2n) is 6.49. The zero-order valence-corrected chi connectivity index (χ0v) is 12.6. The number of aliphatic hydroxyl groups is 1. The predicted octanol–water partition coefficient (Wildman–Crippen LogP) is 2.11. The van der Waals surface area contributed by atoms with E-state index >= 15 is 0 Å². The molecule has 4 nitrogen and oxygen atoms in total. The summed E-state index contributed by atoms with van der Waals surface area (Å²) in [6, 6.07) is 0.773. The van der Waals surface area contributed by atoms with Gasteiger partial charge < -0.3 is 15.7 Å². The molecular formula is C16H30N2O2. The molecule has 0 aromatic rings. The standard InChI is InChI=1S/C16H30N2O2/c19-12-15(17-13-7-3-1-4-8-13)11-16(20)18-14-9-5-2-6-10-14/h13-15,17,19H,1-12H2,(H,18,20). The van der Waals surface area contributed by atoms with Crippen molar-refractivity contribution in [2.75, 3.05) is 6.61 Å². The SMILES string of the molecule is O=C(CC(CO)NC1CCCCC1)NC1CCCCC1. The Balaban J connectivity index is 1.69. The van der Waals surface area contributed by atoms with Crippen molar-refractivity contribution in [1.82, 2.24) is 10.6 Å². The summed E-state index contributed by atoms with van der Waals surface area (Å²) in [6.07, 6.45) is 12.6. The number of nitrogens with one attached hydrogen (secondary N) is 2. The molecule has 0 bridgehead atoms. The number of hydrogen-bond acceptors (Lipinski definition) is 3. The number of rotatable bonds is 6. The van der Waals surface area contributed by atoms with Gasteiger partial charge in [-0.25, -0.2) is 0 Å². The number of amides is 1. The van der Waals surface area contributed by atoms with E-state index < -0.39 is 0 Å². The van der Waals surface area contributed by atoms with E-state index in [0.29, 0.717) is 18.5 Å². The molecule has 1 atom stereocenters. The van der Waals surface area contributed by atoms with Gasteiger partial charge in [0.2, 0.25) is 5.91 Å². The zero-order valence-electron chi connectivity index (χ0n) is 12.6. The van der Waals surface area contributed by atoms with Gasteiger partial charge in [0, 0.05) is 24.5 Å². The van der Waals surface area contributed by atoms with Crippen LogP contribution < -0.4 is 10.6 Å². The van der Waals surface area contributed by atoms with Gasteiger partial charge in [0.05, 0.1) is 6.61 Å². The molecule has 1 unspecified atom stereocenters. The summed E-state index contributed by atoms with van der Waals surface area (Å²) >= 11 is 0. The van der Waals surface area contributed by atoms with E-state index in [-0.39, 0.29) is 18.6 Å². The fourth-order valence-corrected chi connectivity index (χ4v) is 3.54. The van der Waals surface area contributed by atoms with E-state index in [4.69, 9.17) is 0 Å². The summed E-state index contributed by atoms with van der Waals surface area (Å²) in [7, 11) is 0. The first-order chi connectivity index (χ1) is 9.78. The molecule has 20 heavy (non-hydrogen) atoms. The number of aliphatic hydroxyl groups excluding tert-OH is 1. The highest BCUT2D eigenvalue weighted by atomic mass is 16.3. The monoisotopic (exact) mass is 282 g/mol. The topological polar surface area (TPSA) is 61.4 Å². The molecule has 2 saturated carbocycles. The lowest BCUT2D eigenvalue weighted by molar-refractivity contribution is -0.122. The molecule has 1 amide bonds. The lowest BCUT2D eigenvalue weighted by Crippen LogP contribution is -2.46.